The Kier molecular flexibility index (Phi) is 5.83. The van der Waals surface area contributed by atoms with Crippen molar-refractivity contribution < 1.29 is 9.53 Å². The Labute approximate surface area is 176 Å². The number of aromatic nitrogens is 4. The number of methoxy groups -OCH3 is 1. The second-order valence-corrected chi connectivity index (χ2v) is 7.92. The molecule has 4 rings (SSSR count). The first-order valence-electron chi connectivity index (χ1n) is 10.4. The van der Waals surface area contributed by atoms with E-state index >= 15 is 0 Å². The molecule has 1 aromatic carbocycles. The number of imidazole rings is 1. The lowest BCUT2D eigenvalue weighted by atomic mass is 9.97. The van der Waals surface area contributed by atoms with Crippen LogP contribution >= 0.6 is 0 Å². The molecule has 158 valence electrons. The topological polar surface area (TPSA) is 85.2 Å². The van der Waals surface area contributed by atoms with Crippen molar-refractivity contribution in [2.24, 2.45) is 5.92 Å². The summed E-state index contributed by atoms with van der Waals surface area (Å²) < 4.78 is 7.26. The molecule has 1 aliphatic rings. The summed E-state index contributed by atoms with van der Waals surface area (Å²) in [7, 11) is 1.57. The van der Waals surface area contributed by atoms with Crippen LogP contribution in [0.1, 0.15) is 38.6 Å². The molecular formula is C22H28N6O2. The Hall–Kier alpha value is -3.16. The number of hydrogen-bond acceptors (Lipinski definition) is 6. The molecule has 0 unspecified atom stereocenters. The molecule has 1 fully saturated rings. The van der Waals surface area contributed by atoms with Crippen molar-refractivity contribution in [2.75, 3.05) is 25.1 Å². The molecule has 1 atom stereocenters. The van der Waals surface area contributed by atoms with Gasteiger partial charge in [0.25, 0.3) is 0 Å². The van der Waals surface area contributed by atoms with Gasteiger partial charge in [-0.2, -0.15) is 0 Å². The normalized spacial score (nSPS) is 16.8. The van der Waals surface area contributed by atoms with Crippen LogP contribution in [0.4, 0.5) is 5.82 Å². The third kappa shape index (κ3) is 4.08. The first-order chi connectivity index (χ1) is 14.6. The van der Waals surface area contributed by atoms with Crippen LogP contribution < -0.4 is 15.0 Å². The smallest absolute Gasteiger partial charge is 0.233 e. The maximum absolute atomic E-state index is 12.9. The Morgan fingerprint density at radius 2 is 2.07 bits per heavy atom. The minimum atomic E-state index is -0.0838. The van der Waals surface area contributed by atoms with Crippen molar-refractivity contribution >= 4 is 22.8 Å². The Morgan fingerprint density at radius 3 is 2.80 bits per heavy atom. The lowest BCUT2D eigenvalue weighted by Gasteiger charge is -2.32. The van der Waals surface area contributed by atoms with Gasteiger partial charge in [0.15, 0.2) is 5.82 Å². The highest BCUT2D eigenvalue weighted by Gasteiger charge is 2.27. The van der Waals surface area contributed by atoms with E-state index in [1.165, 1.54) is 0 Å². The maximum Gasteiger partial charge on any atom is 0.233 e. The van der Waals surface area contributed by atoms with E-state index in [0.29, 0.717) is 19.0 Å². The summed E-state index contributed by atoms with van der Waals surface area (Å²) in [5.74, 6) is 2.12. The van der Waals surface area contributed by atoms with E-state index in [9.17, 15) is 4.79 Å². The number of piperidine rings is 1. The fraction of sp³-hybridized carbons (Fsp3) is 0.455. The van der Waals surface area contributed by atoms with Crippen LogP contribution in [0, 0.1) is 5.92 Å². The second-order valence-electron chi connectivity index (χ2n) is 7.92. The molecule has 1 saturated heterocycles. The van der Waals surface area contributed by atoms with Crippen molar-refractivity contribution in [1.29, 1.82) is 0 Å². The lowest BCUT2D eigenvalue weighted by Crippen LogP contribution is -2.43. The zero-order valence-electron chi connectivity index (χ0n) is 17.7. The van der Waals surface area contributed by atoms with Gasteiger partial charge in [0, 0.05) is 25.2 Å². The summed E-state index contributed by atoms with van der Waals surface area (Å²) in [6.07, 6.45) is 1.81. The fourth-order valence-electron chi connectivity index (χ4n) is 4.10. The fourth-order valence-corrected chi connectivity index (χ4v) is 4.10. The second kappa shape index (κ2) is 8.69. The van der Waals surface area contributed by atoms with Crippen LogP contribution in [0.25, 0.3) is 11.0 Å². The van der Waals surface area contributed by atoms with E-state index in [1.54, 1.807) is 13.2 Å². The first kappa shape index (κ1) is 20.1. The summed E-state index contributed by atoms with van der Waals surface area (Å²) in [5.41, 5.74) is 2.05. The van der Waals surface area contributed by atoms with Gasteiger partial charge in [-0.25, -0.2) is 4.98 Å². The number of para-hydroxylation sites is 2. The molecule has 2 aromatic heterocycles. The van der Waals surface area contributed by atoms with Crippen molar-refractivity contribution in [3.05, 3.63) is 42.2 Å². The SMILES string of the molecule is COc1ccc(N2CCC[C@@H](C(=O)NCc3nc4ccccc4n3C(C)C)C2)nn1. The van der Waals surface area contributed by atoms with Gasteiger partial charge < -0.3 is 19.5 Å². The monoisotopic (exact) mass is 408 g/mol. The zero-order valence-corrected chi connectivity index (χ0v) is 17.7. The largest absolute Gasteiger partial charge is 0.480 e. The van der Waals surface area contributed by atoms with Crippen LogP contribution in [0.5, 0.6) is 5.88 Å². The summed E-state index contributed by atoms with van der Waals surface area (Å²) in [4.78, 5) is 19.8. The molecule has 3 heterocycles. The number of carbonyl (C=O) groups is 1. The molecule has 3 aromatic rings. The van der Waals surface area contributed by atoms with Crippen LogP contribution in [-0.4, -0.2) is 45.9 Å². The van der Waals surface area contributed by atoms with Crippen LogP contribution in [0.3, 0.4) is 0 Å². The third-order valence-electron chi connectivity index (χ3n) is 5.56. The van der Waals surface area contributed by atoms with E-state index in [4.69, 9.17) is 9.72 Å². The number of carbonyl (C=O) groups excluding carboxylic acids is 1. The molecule has 0 saturated carbocycles. The van der Waals surface area contributed by atoms with Crippen LogP contribution in [0.15, 0.2) is 36.4 Å². The number of ether oxygens (including phenoxy) is 1. The maximum atomic E-state index is 12.9. The number of rotatable bonds is 6. The highest BCUT2D eigenvalue weighted by Crippen LogP contribution is 2.23. The zero-order chi connectivity index (χ0) is 21.1. The minimum Gasteiger partial charge on any atom is -0.480 e. The van der Waals surface area contributed by atoms with Gasteiger partial charge in [0.1, 0.15) is 5.82 Å². The first-order valence-corrected chi connectivity index (χ1v) is 10.4. The van der Waals surface area contributed by atoms with Crippen molar-refractivity contribution in [3.8, 4) is 5.88 Å². The highest BCUT2D eigenvalue weighted by atomic mass is 16.5. The van der Waals surface area contributed by atoms with Gasteiger partial charge in [-0.15, -0.1) is 10.2 Å². The third-order valence-corrected chi connectivity index (χ3v) is 5.56. The molecule has 30 heavy (non-hydrogen) atoms. The Morgan fingerprint density at radius 1 is 1.23 bits per heavy atom. The summed E-state index contributed by atoms with van der Waals surface area (Å²) in [5, 5.41) is 11.4. The van der Waals surface area contributed by atoms with Gasteiger partial charge >= 0.3 is 0 Å². The predicted molar refractivity (Wildman–Crippen MR) is 115 cm³/mol. The number of hydrogen-bond donors (Lipinski definition) is 1. The average Bonchev–Trinajstić information content (AvgIpc) is 3.16. The number of benzene rings is 1. The molecular weight excluding hydrogens is 380 g/mol. The number of nitrogens with zero attached hydrogens (tertiary/aromatic N) is 5. The van der Waals surface area contributed by atoms with Gasteiger partial charge in [-0.05, 0) is 44.9 Å². The number of amides is 1. The number of anilines is 1. The highest BCUT2D eigenvalue weighted by molar-refractivity contribution is 5.80. The van der Waals surface area contributed by atoms with E-state index in [0.717, 1.165) is 42.1 Å². The number of nitrogens with one attached hydrogen (secondary N) is 1. The van der Waals surface area contributed by atoms with Crippen molar-refractivity contribution in [3.63, 3.8) is 0 Å². The molecule has 8 heteroatoms. The Balaban J connectivity index is 1.42. The summed E-state index contributed by atoms with van der Waals surface area (Å²) >= 11 is 0. The lowest BCUT2D eigenvalue weighted by molar-refractivity contribution is -0.125. The molecule has 0 aliphatic carbocycles. The van der Waals surface area contributed by atoms with Gasteiger partial charge in [0.2, 0.25) is 11.8 Å². The minimum absolute atomic E-state index is 0.0588. The van der Waals surface area contributed by atoms with E-state index < -0.39 is 0 Å². The summed E-state index contributed by atoms with van der Waals surface area (Å²) in [6, 6.07) is 12.0. The Bertz CT molecular complexity index is 1010. The van der Waals surface area contributed by atoms with Gasteiger partial charge in [-0.1, -0.05) is 12.1 Å². The van der Waals surface area contributed by atoms with Gasteiger partial charge in [0.05, 0.1) is 30.6 Å². The molecule has 0 spiro atoms. The molecule has 1 aliphatic heterocycles. The number of fused-ring (bicyclic) bond motifs is 1. The molecule has 0 radical (unpaired) electrons. The van der Waals surface area contributed by atoms with E-state index in [1.807, 2.05) is 24.3 Å². The molecule has 8 nitrogen and oxygen atoms in total. The van der Waals surface area contributed by atoms with Crippen LogP contribution in [-0.2, 0) is 11.3 Å². The van der Waals surface area contributed by atoms with E-state index in [-0.39, 0.29) is 17.9 Å². The molecule has 1 N–H and O–H groups in total. The summed E-state index contributed by atoms with van der Waals surface area (Å²) in [6.45, 7) is 6.19. The average molecular weight is 409 g/mol. The van der Waals surface area contributed by atoms with Gasteiger partial charge in [-0.3, -0.25) is 4.79 Å². The van der Waals surface area contributed by atoms with Crippen molar-refractivity contribution in [2.45, 2.75) is 39.3 Å². The molecule has 0 bridgehead atoms. The quantitative estimate of drug-likeness (QED) is 0.675. The predicted octanol–water partition coefficient (Wildman–Crippen LogP) is 2.95. The van der Waals surface area contributed by atoms with E-state index in [2.05, 4.69) is 44.9 Å². The van der Waals surface area contributed by atoms with Crippen LogP contribution in [0.2, 0.25) is 0 Å². The van der Waals surface area contributed by atoms with Crippen molar-refractivity contribution in [1.82, 2.24) is 25.1 Å². The standard InChI is InChI=1S/C22H28N6O2/c1-15(2)28-18-9-5-4-8-17(18)24-20(28)13-23-22(29)16-7-6-12-27(14-16)19-10-11-21(30-3)26-25-19/h4-5,8-11,15-16H,6-7,12-14H2,1-3H3,(H,23,29)/t16-/m1/s1. The molecule has 1 amide bonds.